The summed E-state index contributed by atoms with van der Waals surface area (Å²) in [7, 11) is 0. The molecule has 0 aliphatic heterocycles. The molecule has 2 atom stereocenters. The summed E-state index contributed by atoms with van der Waals surface area (Å²) >= 11 is 0. The Kier molecular flexibility index (Phi) is 9.08. The van der Waals surface area contributed by atoms with E-state index in [-0.39, 0.29) is 42.6 Å². The average molecular weight is 413 g/mol. The molecule has 0 spiro atoms. The number of halogens is 1. The fraction of sp³-hybridized carbons (Fsp3) is 0.889. The van der Waals surface area contributed by atoms with Crippen LogP contribution in [0, 0.1) is 43.1 Å². The van der Waals surface area contributed by atoms with Gasteiger partial charge in [0.25, 0.3) is 0 Å². The molecule has 0 aromatic rings. The molecule has 13 heavy (non-hydrogen) atoms. The Hall–Kier alpha value is 0.902. The van der Waals surface area contributed by atoms with Crippen molar-refractivity contribution >= 4 is 0 Å². The first-order chi connectivity index (χ1) is 5.33. The van der Waals surface area contributed by atoms with E-state index < -0.39 is 6.30 Å². The molecule has 0 radical (unpaired) electrons. The van der Waals surface area contributed by atoms with E-state index in [1.165, 1.54) is 6.92 Å². The third-order valence-corrected chi connectivity index (χ3v) is 1.55. The van der Waals surface area contributed by atoms with Gasteiger partial charge in [0.2, 0.25) is 0 Å². The maximum absolute atomic E-state index is 12.4. The molecule has 0 bridgehead atoms. The van der Waals surface area contributed by atoms with E-state index in [4.69, 9.17) is 5.73 Å². The van der Waals surface area contributed by atoms with Crippen molar-refractivity contribution in [3.63, 3.8) is 0 Å². The van der Waals surface area contributed by atoms with Crippen LogP contribution >= 0.6 is 0 Å². The zero-order valence-corrected chi connectivity index (χ0v) is 13.1. The van der Waals surface area contributed by atoms with Crippen LogP contribution in [-0.2, 0) is 0 Å². The first-order valence-electron chi connectivity index (χ1n) is 4.33. The molecule has 0 aromatic heterocycles. The van der Waals surface area contributed by atoms with Crippen LogP contribution in [0.15, 0.2) is 0 Å². The number of hydrogen-bond donors (Lipinski definition) is 2. The molecule has 0 aliphatic rings. The second-order valence-corrected chi connectivity index (χ2v) is 4.10. The van der Waals surface area contributed by atoms with Gasteiger partial charge in [-0.05, 0) is 13.0 Å². The van der Waals surface area contributed by atoms with Crippen molar-refractivity contribution in [2.75, 3.05) is 0 Å². The Morgan fingerprint density at radius 3 is 2.23 bits per heavy atom. The number of nitrogens with one attached hydrogen (secondary N) is 1. The van der Waals surface area contributed by atoms with Crippen LogP contribution in [0.5, 0.6) is 0 Å². The summed E-state index contributed by atoms with van der Waals surface area (Å²) in [6, 6.07) is 0.146. The quantitative estimate of drug-likeness (QED) is 0.533. The second-order valence-electron chi connectivity index (χ2n) is 4.10. The number of rotatable bonds is 5. The van der Waals surface area contributed by atoms with E-state index in [2.05, 4.69) is 5.32 Å². The Morgan fingerprint density at radius 1 is 1.46 bits per heavy atom. The number of hydrogen-bond acceptors (Lipinski definition) is 2. The minimum atomic E-state index is -0.989. The molecular formula is C9H20FN2U-. The van der Waals surface area contributed by atoms with Gasteiger partial charge in [0.05, 0.1) is 0 Å². The van der Waals surface area contributed by atoms with Gasteiger partial charge in [-0.25, -0.2) is 4.39 Å². The van der Waals surface area contributed by atoms with Gasteiger partial charge in [0.1, 0.15) is 6.30 Å². The van der Waals surface area contributed by atoms with Crippen LogP contribution in [0.2, 0.25) is 0 Å². The summed E-state index contributed by atoms with van der Waals surface area (Å²) in [6.45, 7) is 9.27. The Labute approximate surface area is 105 Å². The van der Waals surface area contributed by atoms with E-state index in [0.717, 1.165) is 6.42 Å². The van der Waals surface area contributed by atoms with Crippen molar-refractivity contribution in [1.82, 2.24) is 5.32 Å². The first-order valence-corrected chi connectivity index (χ1v) is 4.33. The first kappa shape index (κ1) is 16.3. The van der Waals surface area contributed by atoms with Gasteiger partial charge in [0.15, 0.2) is 0 Å². The predicted octanol–water partition coefficient (Wildman–Crippen LogP) is 1.82. The number of nitrogens with two attached hydrogens (primary N) is 1. The van der Waals surface area contributed by atoms with Crippen LogP contribution < -0.4 is 11.1 Å². The SMILES string of the molecule is CC(N)CC(C)(C)[CH-]N[C@@H](C)F.[U]. The Balaban J connectivity index is 0. The third kappa shape index (κ3) is 10.8. The molecule has 78 valence electrons. The molecule has 4 heteroatoms. The van der Waals surface area contributed by atoms with Crippen LogP contribution in [0.25, 0.3) is 0 Å². The number of alkyl halides is 1. The van der Waals surface area contributed by atoms with Gasteiger partial charge in [0, 0.05) is 31.1 Å². The predicted molar refractivity (Wildman–Crippen MR) is 50.1 cm³/mol. The molecule has 1 unspecified atom stereocenters. The Morgan fingerprint density at radius 2 is 1.92 bits per heavy atom. The maximum Gasteiger partial charge on any atom is 0.121 e. The minimum Gasteiger partial charge on any atom is -0.441 e. The molecule has 0 rings (SSSR count). The smallest absolute Gasteiger partial charge is 0.121 e. The molecule has 0 heterocycles. The summed E-state index contributed by atoms with van der Waals surface area (Å²) in [5.74, 6) is 0. The molecule has 3 N–H and O–H groups in total. The van der Waals surface area contributed by atoms with Crippen LogP contribution in [0.1, 0.15) is 34.1 Å². The van der Waals surface area contributed by atoms with Crippen molar-refractivity contribution in [3.8, 4) is 0 Å². The zero-order valence-electron chi connectivity index (χ0n) is 8.89. The topological polar surface area (TPSA) is 38.0 Å². The monoisotopic (exact) mass is 413 g/mol. The van der Waals surface area contributed by atoms with Crippen LogP contribution in [-0.4, -0.2) is 12.3 Å². The van der Waals surface area contributed by atoms with E-state index >= 15 is 0 Å². The summed E-state index contributed by atoms with van der Waals surface area (Å²) < 4.78 is 12.4. The van der Waals surface area contributed by atoms with E-state index in [1.54, 1.807) is 6.54 Å². The standard InChI is InChI=1S/C9H20FN2.U/c1-7(11)5-9(3,4)6-12-8(2)10;/h6-8,12H,5,11H2,1-4H3;/q-1;/t7?,8-;/m0./s1. The van der Waals surface area contributed by atoms with Gasteiger partial charge >= 0.3 is 0 Å². The van der Waals surface area contributed by atoms with Crippen molar-refractivity contribution in [1.29, 1.82) is 0 Å². The van der Waals surface area contributed by atoms with Crippen molar-refractivity contribution in [3.05, 3.63) is 6.54 Å². The Bertz CT molecular complexity index is 127. The molecule has 0 aliphatic carbocycles. The summed E-state index contributed by atoms with van der Waals surface area (Å²) in [6.07, 6.45) is -0.135. The molecule has 0 saturated heterocycles. The molecule has 2 nitrogen and oxygen atoms in total. The summed E-state index contributed by atoms with van der Waals surface area (Å²) in [5, 5.41) is 2.64. The fourth-order valence-electron chi connectivity index (χ4n) is 1.23. The van der Waals surface area contributed by atoms with Gasteiger partial charge in [-0.2, -0.15) is 0 Å². The molecular weight excluding hydrogens is 393 g/mol. The van der Waals surface area contributed by atoms with Crippen molar-refractivity contribution in [2.24, 2.45) is 11.1 Å². The summed E-state index contributed by atoms with van der Waals surface area (Å²) in [4.78, 5) is 0. The zero-order chi connectivity index (χ0) is 9.78. The van der Waals surface area contributed by atoms with Gasteiger partial charge in [-0.15, -0.1) is 5.41 Å². The van der Waals surface area contributed by atoms with E-state index in [0.29, 0.717) is 0 Å². The maximum atomic E-state index is 12.4. The third-order valence-electron chi connectivity index (χ3n) is 1.55. The fourth-order valence-corrected chi connectivity index (χ4v) is 1.23. The molecule has 0 fully saturated rings. The molecule has 0 amide bonds. The van der Waals surface area contributed by atoms with Crippen LogP contribution in [0.4, 0.5) is 4.39 Å². The van der Waals surface area contributed by atoms with E-state index in [9.17, 15) is 4.39 Å². The van der Waals surface area contributed by atoms with Crippen LogP contribution in [0.3, 0.4) is 0 Å². The summed E-state index contributed by atoms with van der Waals surface area (Å²) in [5.41, 5.74) is 5.60. The van der Waals surface area contributed by atoms with Crippen molar-refractivity contribution < 1.29 is 35.5 Å². The minimum absolute atomic E-state index is 0. The average Bonchev–Trinajstić information content (AvgIpc) is 1.81. The van der Waals surface area contributed by atoms with E-state index in [1.807, 2.05) is 20.8 Å². The normalized spacial score (nSPS) is 16.2. The second kappa shape index (κ2) is 7.23. The largest absolute Gasteiger partial charge is 0.441 e. The molecule has 0 aromatic carbocycles. The van der Waals surface area contributed by atoms with Crippen molar-refractivity contribution in [2.45, 2.75) is 46.5 Å². The van der Waals surface area contributed by atoms with Gasteiger partial charge < -0.3 is 11.1 Å². The van der Waals surface area contributed by atoms with Gasteiger partial charge in [-0.1, -0.05) is 27.2 Å². The van der Waals surface area contributed by atoms with Gasteiger partial charge in [-0.3, -0.25) is 6.54 Å². The molecule has 0 saturated carbocycles.